The van der Waals surface area contributed by atoms with Crippen LogP contribution in [0.3, 0.4) is 0 Å². The average molecular weight is 255 g/mol. The van der Waals surface area contributed by atoms with Crippen LogP contribution in [0.1, 0.15) is 23.2 Å². The first-order valence-electron chi connectivity index (χ1n) is 6.02. The summed E-state index contributed by atoms with van der Waals surface area (Å²) in [5, 5.41) is 3.56. The van der Waals surface area contributed by atoms with Gasteiger partial charge in [0.05, 0.1) is 11.8 Å². The molecule has 0 bridgehead atoms. The van der Waals surface area contributed by atoms with E-state index in [-0.39, 0.29) is 11.1 Å². The van der Waals surface area contributed by atoms with Crippen LogP contribution in [0, 0.1) is 5.92 Å². The number of fused-ring (bicyclic) bond motifs is 1. The predicted octanol–water partition coefficient (Wildman–Crippen LogP) is 1.76. The van der Waals surface area contributed by atoms with Crippen LogP contribution in [0.5, 0.6) is 0 Å². The van der Waals surface area contributed by atoms with Gasteiger partial charge in [-0.25, -0.2) is 0 Å². The van der Waals surface area contributed by atoms with Crippen molar-refractivity contribution in [2.75, 3.05) is 19.6 Å². The number of furan rings is 1. The molecule has 2 saturated heterocycles. The lowest BCUT2D eigenvalue weighted by molar-refractivity contribution is 0.0574. The summed E-state index contributed by atoms with van der Waals surface area (Å²) in [6, 6.07) is 1.97. The van der Waals surface area contributed by atoms with Gasteiger partial charge in [0.15, 0.2) is 0 Å². The van der Waals surface area contributed by atoms with E-state index in [1.54, 1.807) is 6.07 Å². The van der Waals surface area contributed by atoms with Crippen molar-refractivity contribution in [1.29, 1.82) is 0 Å². The van der Waals surface area contributed by atoms with Crippen LogP contribution in [0.15, 0.2) is 16.7 Å². The Kier molecular flexibility index (Phi) is 2.84. The molecule has 0 spiro atoms. The highest BCUT2D eigenvalue weighted by atomic mass is 35.5. The number of amides is 1. The van der Waals surface area contributed by atoms with Crippen molar-refractivity contribution in [2.45, 2.75) is 18.9 Å². The molecule has 3 heterocycles. The standard InChI is InChI=1S/C12H15ClN2O2/c13-11-9(3-5-17-11)12(16)15-4-1-2-8-6-14-7-10(8)15/h3,5,8,10,14H,1-2,4,6-7H2. The second-order valence-corrected chi connectivity index (χ2v) is 5.08. The van der Waals surface area contributed by atoms with Crippen LogP contribution < -0.4 is 5.32 Å². The smallest absolute Gasteiger partial charge is 0.259 e. The Hall–Kier alpha value is -1.00. The zero-order valence-corrected chi connectivity index (χ0v) is 10.2. The molecule has 2 atom stereocenters. The van der Waals surface area contributed by atoms with Gasteiger partial charge in [0, 0.05) is 25.7 Å². The Morgan fingerprint density at radius 2 is 2.41 bits per heavy atom. The largest absolute Gasteiger partial charge is 0.452 e. The van der Waals surface area contributed by atoms with Gasteiger partial charge < -0.3 is 14.6 Å². The molecular weight excluding hydrogens is 240 g/mol. The molecule has 5 heteroatoms. The summed E-state index contributed by atoms with van der Waals surface area (Å²) in [4.78, 5) is 14.3. The molecule has 1 aromatic rings. The molecule has 0 aliphatic carbocycles. The Morgan fingerprint density at radius 3 is 3.18 bits per heavy atom. The number of carbonyl (C=O) groups excluding carboxylic acids is 1. The fourth-order valence-electron chi connectivity index (χ4n) is 2.92. The topological polar surface area (TPSA) is 45.5 Å². The second-order valence-electron chi connectivity index (χ2n) is 4.73. The quantitative estimate of drug-likeness (QED) is 0.831. The lowest BCUT2D eigenvalue weighted by atomic mass is 9.91. The van der Waals surface area contributed by atoms with Crippen molar-refractivity contribution >= 4 is 17.5 Å². The Balaban J connectivity index is 1.83. The summed E-state index contributed by atoms with van der Waals surface area (Å²) < 4.78 is 4.99. The van der Waals surface area contributed by atoms with E-state index in [0.717, 1.165) is 26.1 Å². The highest BCUT2D eigenvalue weighted by Gasteiger charge is 2.38. The van der Waals surface area contributed by atoms with E-state index in [1.165, 1.54) is 12.7 Å². The van der Waals surface area contributed by atoms with E-state index in [0.29, 0.717) is 17.5 Å². The molecule has 2 aliphatic rings. The normalized spacial score (nSPS) is 28.2. The first-order chi connectivity index (χ1) is 8.27. The van der Waals surface area contributed by atoms with E-state index in [2.05, 4.69) is 5.32 Å². The number of rotatable bonds is 1. The van der Waals surface area contributed by atoms with Crippen LogP contribution in [-0.2, 0) is 0 Å². The number of hydrogen-bond acceptors (Lipinski definition) is 3. The summed E-state index contributed by atoms with van der Waals surface area (Å²) >= 11 is 5.87. The molecule has 1 N–H and O–H groups in total. The first kappa shape index (κ1) is 11.1. The van der Waals surface area contributed by atoms with E-state index >= 15 is 0 Å². The second kappa shape index (κ2) is 4.35. The van der Waals surface area contributed by atoms with E-state index < -0.39 is 0 Å². The van der Waals surface area contributed by atoms with Crippen LogP contribution in [0.4, 0.5) is 0 Å². The van der Waals surface area contributed by atoms with Crippen molar-refractivity contribution < 1.29 is 9.21 Å². The zero-order valence-electron chi connectivity index (χ0n) is 9.49. The number of carbonyl (C=O) groups is 1. The molecule has 1 amide bonds. The molecule has 2 aliphatic heterocycles. The maximum Gasteiger partial charge on any atom is 0.259 e. The molecule has 3 rings (SSSR count). The van der Waals surface area contributed by atoms with Gasteiger partial charge in [0.25, 0.3) is 5.91 Å². The molecule has 92 valence electrons. The van der Waals surface area contributed by atoms with Crippen LogP contribution in [0.25, 0.3) is 0 Å². The Bertz CT molecular complexity index is 432. The summed E-state index contributed by atoms with van der Waals surface area (Å²) in [6.45, 7) is 2.74. The summed E-state index contributed by atoms with van der Waals surface area (Å²) in [6.07, 6.45) is 3.74. The Morgan fingerprint density at radius 1 is 1.53 bits per heavy atom. The van der Waals surface area contributed by atoms with Crippen molar-refractivity contribution in [3.63, 3.8) is 0 Å². The number of hydrogen-bond donors (Lipinski definition) is 1. The van der Waals surface area contributed by atoms with E-state index in [4.69, 9.17) is 16.0 Å². The van der Waals surface area contributed by atoms with Crippen molar-refractivity contribution in [3.8, 4) is 0 Å². The minimum Gasteiger partial charge on any atom is -0.452 e. The van der Waals surface area contributed by atoms with Crippen molar-refractivity contribution in [3.05, 3.63) is 23.1 Å². The SMILES string of the molecule is O=C(c1ccoc1Cl)N1CCCC2CNCC21. The highest BCUT2D eigenvalue weighted by molar-refractivity contribution is 6.32. The van der Waals surface area contributed by atoms with Crippen molar-refractivity contribution in [1.82, 2.24) is 10.2 Å². The molecule has 17 heavy (non-hydrogen) atoms. The van der Waals surface area contributed by atoms with Gasteiger partial charge in [0.2, 0.25) is 5.22 Å². The van der Waals surface area contributed by atoms with Crippen molar-refractivity contribution in [2.24, 2.45) is 5.92 Å². The van der Waals surface area contributed by atoms with Gasteiger partial charge >= 0.3 is 0 Å². The van der Waals surface area contributed by atoms with E-state index in [9.17, 15) is 4.79 Å². The molecule has 4 nitrogen and oxygen atoms in total. The Labute approximate surface area is 105 Å². The maximum absolute atomic E-state index is 12.4. The number of likely N-dealkylation sites (tertiary alicyclic amines) is 1. The summed E-state index contributed by atoms with van der Waals surface area (Å²) in [7, 11) is 0. The lowest BCUT2D eigenvalue weighted by Crippen LogP contribution is -2.48. The third kappa shape index (κ3) is 1.85. The molecule has 1 aromatic heterocycles. The predicted molar refractivity (Wildman–Crippen MR) is 64.1 cm³/mol. The zero-order chi connectivity index (χ0) is 11.8. The fourth-order valence-corrected chi connectivity index (χ4v) is 3.12. The number of nitrogens with zero attached hydrogens (tertiary/aromatic N) is 1. The average Bonchev–Trinajstić information content (AvgIpc) is 2.95. The summed E-state index contributed by atoms with van der Waals surface area (Å²) in [5.41, 5.74) is 0.485. The molecular formula is C12H15ClN2O2. The minimum atomic E-state index is 0.00199. The molecule has 2 fully saturated rings. The van der Waals surface area contributed by atoms with Gasteiger partial charge in [-0.15, -0.1) is 0 Å². The van der Waals surface area contributed by atoms with Gasteiger partial charge in [0.1, 0.15) is 0 Å². The third-order valence-electron chi connectivity index (χ3n) is 3.79. The van der Waals surface area contributed by atoms with Gasteiger partial charge in [-0.05, 0) is 36.4 Å². The van der Waals surface area contributed by atoms with Gasteiger partial charge in [-0.2, -0.15) is 0 Å². The van der Waals surface area contributed by atoms with Gasteiger partial charge in [-0.1, -0.05) is 0 Å². The highest BCUT2D eigenvalue weighted by Crippen LogP contribution is 2.29. The molecule has 0 saturated carbocycles. The molecule has 2 unspecified atom stereocenters. The molecule has 0 aromatic carbocycles. The van der Waals surface area contributed by atoms with Gasteiger partial charge in [-0.3, -0.25) is 4.79 Å². The first-order valence-corrected chi connectivity index (χ1v) is 6.40. The van der Waals surface area contributed by atoms with Crippen LogP contribution in [-0.4, -0.2) is 36.5 Å². The number of halogens is 1. The minimum absolute atomic E-state index is 0.00199. The number of nitrogens with one attached hydrogen (secondary N) is 1. The fraction of sp³-hybridized carbons (Fsp3) is 0.583. The molecule has 0 radical (unpaired) electrons. The lowest BCUT2D eigenvalue weighted by Gasteiger charge is -2.36. The third-order valence-corrected chi connectivity index (χ3v) is 4.08. The monoisotopic (exact) mass is 254 g/mol. The number of piperidine rings is 1. The summed E-state index contributed by atoms with van der Waals surface area (Å²) in [5.74, 6) is 0.598. The van der Waals surface area contributed by atoms with E-state index in [1.807, 2.05) is 4.90 Å². The van der Waals surface area contributed by atoms with Crippen LogP contribution in [0.2, 0.25) is 5.22 Å². The van der Waals surface area contributed by atoms with Crippen LogP contribution >= 0.6 is 11.6 Å². The maximum atomic E-state index is 12.4.